The van der Waals surface area contributed by atoms with Gasteiger partial charge in [-0.15, -0.1) is 11.3 Å². The number of benzene rings is 1. The number of carbonyl (C=O) groups excluding carboxylic acids is 1. The van der Waals surface area contributed by atoms with Crippen molar-refractivity contribution < 1.29 is 9.18 Å². The number of rotatable bonds is 6. The van der Waals surface area contributed by atoms with Crippen molar-refractivity contribution in [3.05, 3.63) is 50.9 Å². The van der Waals surface area contributed by atoms with E-state index in [4.69, 9.17) is 11.6 Å². The minimum atomic E-state index is -0.493. The van der Waals surface area contributed by atoms with Crippen LogP contribution in [0.3, 0.4) is 0 Å². The fraction of sp³-hybridized carbons (Fsp3) is 0.353. The molecule has 2 rings (SSSR count). The van der Waals surface area contributed by atoms with Crippen molar-refractivity contribution >= 4 is 34.5 Å². The second-order valence-electron chi connectivity index (χ2n) is 5.68. The number of nitrogens with zero attached hydrogens (tertiary/aromatic N) is 1. The molecule has 0 radical (unpaired) electrons. The first-order valence-electron chi connectivity index (χ1n) is 7.39. The van der Waals surface area contributed by atoms with Crippen molar-refractivity contribution in [1.82, 2.24) is 4.90 Å². The van der Waals surface area contributed by atoms with E-state index in [9.17, 15) is 9.18 Å². The summed E-state index contributed by atoms with van der Waals surface area (Å²) in [7, 11) is 0. The summed E-state index contributed by atoms with van der Waals surface area (Å²) in [6.07, 6.45) is 0. The fourth-order valence-electron chi connectivity index (χ4n) is 2.16. The van der Waals surface area contributed by atoms with E-state index in [0.717, 1.165) is 0 Å². The number of amides is 1. The van der Waals surface area contributed by atoms with Gasteiger partial charge in [0, 0.05) is 27.4 Å². The molecule has 1 amide bonds. The van der Waals surface area contributed by atoms with Crippen molar-refractivity contribution in [2.24, 2.45) is 0 Å². The minimum absolute atomic E-state index is 0.109. The molecule has 0 spiro atoms. The Labute approximate surface area is 145 Å². The summed E-state index contributed by atoms with van der Waals surface area (Å²) in [6, 6.07) is 8.45. The lowest BCUT2D eigenvalue weighted by Crippen LogP contribution is -2.37. The lowest BCUT2D eigenvalue weighted by molar-refractivity contribution is -0.117. The van der Waals surface area contributed by atoms with Crippen molar-refractivity contribution in [3.8, 4) is 0 Å². The van der Waals surface area contributed by atoms with Gasteiger partial charge < -0.3 is 5.32 Å². The Morgan fingerprint density at radius 2 is 2.09 bits per heavy atom. The Morgan fingerprint density at radius 3 is 2.70 bits per heavy atom. The highest BCUT2D eigenvalue weighted by Crippen LogP contribution is 2.21. The third-order valence-corrected chi connectivity index (χ3v) is 4.65. The molecule has 3 nitrogen and oxygen atoms in total. The second-order valence-corrected chi connectivity index (χ2v) is 7.49. The SMILES string of the molecule is Cc1ccc(CN(CC(=O)Nc2cc(Cl)ccc2F)C(C)C)s1. The molecule has 0 aliphatic rings. The predicted molar refractivity (Wildman–Crippen MR) is 94.6 cm³/mol. The normalized spacial score (nSPS) is 11.3. The summed E-state index contributed by atoms with van der Waals surface area (Å²) in [6.45, 7) is 7.02. The zero-order valence-corrected chi connectivity index (χ0v) is 15.0. The highest BCUT2D eigenvalue weighted by Gasteiger charge is 2.16. The molecule has 1 heterocycles. The van der Waals surface area contributed by atoms with Crippen LogP contribution in [0.25, 0.3) is 0 Å². The van der Waals surface area contributed by atoms with Crippen LogP contribution in [0.4, 0.5) is 10.1 Å². The van der Waals surface area contributed by atoms with E-state index in [1.807, 2.05) is 18.7 Å². The van der Waals surface area contributed by atoms with Gasteiger partial charge in [0.05, 0.1) is 12.2 Å². The number of hydrogen-bond acceptors (Lipinski definition) is 3. The van der Waals surface area contributed by atoms with Crippen LogP contribution in [0, 0.1) is 12.7 Å². The van der Waals surface area contributed by atoms with Crippen LogP contribution in [-0.2, 0) is 11.3 Å². The molecule has 6 heteroatoms. The first kappa shape index (κ1) is 17.9. The highest BCUT2D eigenvalue weighted by atomic mass is 35.5. The third-order valence-electron chi connectivity index (χ3n) is 3.43. The van der Waals surface area contributed by atoms with Crippen molar-refractivity contribution in [2.45, 2.75) is 33.4 Å². The average molecular weight is 355 g/mol. The van der Waals surface area contributed by atoms with Crippen LogP contribution in [-0.4, -0.2) is 23.4 Å². The molecule has 0 aliphatic heterocycles. The van der Waals surface area contributed by atoms with E-state index >= 15 is 0 Å². The molecule has 2 aromatic rings. The Kier molecular flexibility index (Phi) is 6.16. The van der Waals surface area contributed by atoms with Gasteiger partial charge in [-0.05, 0) is 51.1 Å². The topological polar surface area (TPSA) is 32.3 Å². The fourth-order valence-corrected chi connectivity index (χ4v) is 3.25. The van der Waals surface area contributed by atoms with Crippen LogP contribution < -0.4 is 5.32 Å². The molecule has 0 saturated carbocycles. The van der Waals surface area contributed by atoms with Gasteiger partial charge in [-0.2, -0.15) is 0 Å². The second kappa shape index (κ2) is 7.90. The monoisotopic (exact) mass is 354 g/mol. The van der Waals surface area contributed by atoms with Crippen molar-refractivity contribution in [3.63, 3.8) is 0 Å². The average Bonchev–Trinajstić information content (AvgIpc) is 2.87. The smallest absolute Gasteiger partial charge is 0.238 e. The lowest BCUT2D eigenvalue weighted by Gasteiger charge is -2.25. The van der Waals surface area contributed by atoms with E-state index in [1.54, 1.807) is 11.3 Å². The third kappa shape index (κ3) is 5.30. The lowest BCUT2D eigenvalue weighted by atomic mass is 10.2. The molecule has 0 atom stereocenters. The standard InChI is InChI=1S/C17H20ClFN2OS/c1-11(2)21(9-14-6-4-12(3)23-14)10-17(22)20-16-8-13(18)5-7-15(16)19/h4-8,11H,9-10H2,1-3H3,(H,20,22). The summed E-state index contributed by atoms with van der Waals surface area (Å²) in [5.41, 5.74) is 0.109. The van der Waals surface area contributed by atoms with Gasteiger partial charge in [-0.25, -0.2) is 4.39 Å². The summed E-state index contributed by atoms with van der Waals surface area (Å²) >= 11 is 7.56. The minimum Gasteiger partial charge on any atom is -0.322 e. The Bertz CT molecular complexity index is 687. The number of hydrogen-bond donors (Lipinski definition) is 1. The van der Waals surface area contributed by atoms with Gasteiger partial charge in [0.2, 0.25) is 5.91 Å². The highest BCUT2D eigenvalue weighted by molar-refractivity contribution is 7.11. The van der Waals surface area contributed by atoms with Gasteiger partial charge >= 0.3 is 0 Å². The van der Waals surface area contributed by atoms with Crippen LogP contribution in [0.2, 0.25) is 5.02 Å². The van der Waals surface area contributed by atoms with Crippen molar-refractivity contribution in [2.75, 3.05) is 11.9 Å². The van der Waals surface area contributed by atoms with Crippen LogP contribution in [0.1, 0.15) is 23.6 Å². The number of aryl methyl sites for hydroxylation is 1. The predicted octanol–water partition coefficient (Wildman–Crippen LogP) is 4.70. The number of nitrogens with one attached hydrogen (secondary N) is 1. The molecule has 1 aromatic heterocycles. The molecule has 0 fully saturated rings. The zero-order valence-electron chi connectivity index (χ0n) is 13.4. The molecule has 124 valence electrons. The molecule has 0 saturated heterocycles. The van der Waals surface area contributed by atoms with Gasteiger partial charge in [0.25, 0.3) is 0 Å². The zero-order chi connectivity index (χ0) is 17.0. The Morgan fingerprint density at radius 1 is 1.35 bits per heavy atom. The van der Waals surface area contributed by atoms with E-state index in [1.165, 1.54) is 28.0 Å². The molecule has 0 aliphatic carbocycles. The Balaban J connectivity index is 2.01. The number of carbonyl (C=O) groups is 1. The van der Waals surface area contributed by atoms with Crippen LogP contribution in [0.15, 0.2) is 30.3 Å². The van der Waals surface area contributed by atoms with Gasteiger partial charge in [0.15, 0.2) is 0 Å². The Hall–Kier alpha value is -1.43. The summed E-state index contributed by atoms with van der Waals surface area (Å²) in [5, 5.41) is 2.98. The summed E-state index contributed by atoms with van der Waals surface area (Å²) < 4.78 is 13.7. The maximum atomic E-state index is 13.7. The molecule has 1 aromatic carbocycles. The molecule has 1 N–H and O–H groups in total. The first-order chi connectivity index (χ1) is 10.8. The molecule has 0 bridgehead atoms. The maximum Gasteiger partial charge on any atom is 0.238 e. The summed E-state index contributed by atoms with van der Waals surface area (Å²) in [4.78, 5) is 16.7. The summed E-state index contributed by atoms with van der Waals surface area (Å²) in [5.74, 6) is -0.749. The largest absolute Gasteiger partial charge is 0.322 e. The molecule has 0 unspecified atom stereocenters. The number of thiophene rings is 1. The molecular weight excluding hydrogens is 335 g/mol. The van der Waals surface area contributed by atoms with E-state index in [2.05, 4.69) is 24.4 Å². The quantitative estimate of drug-likeness (QED) is 0.815. The van der Waals surface area contributed by atoms with E-state index in [0.29, 0.717) is 11.6 Å². The molecular formula is C17H20ClFN2OS. The maximum absolute atomic E-state index is 13.7. The molecule has 23 heavy (non-hydrogen) atoms. The van der Waals surface area contributed by atoms with Gasteiger partial charge in [-0.1, -0.05) is 11.6 Å². The van der Waals surface area contributed by atoms with E-state index in [-0.39, 0.29) is 24.2 Å². The first-order valence-corrected chi connectivity index (χ1v) is 8.59. The van der Waals surface area contributed by atoms with E-state index < -0.39 is 5.82 Å². The van der Waals surface area contributed by atoms with Crippen LogP contribution >= 0.6 is 22.9 Å². The van der Waals surface area contributed by atoms with Gasteiger partial charge in [0.1, 0.15) is 5.82 Å². The van der Waals surface area contributed by atoms with Crippen molar-refractivity contribution in [1.29, 1.82) is 0 Å². The number of anilines is 1. The van der Waals surface area contributed by atoms with Gasteiger partial charge in [-0.3, -0.25) is 9.69 Å². The number of halogens is 2. The van der Waals surface area contributed by atoms with Crippen LogP contribution in [0.5, 0.6) is 0 Å².